The Morgan fingerprint density at radius 2 is 2.27 bits per heavy atom. The Labute approximate surface area is 140 Å². The number of benzene rings is 1. The first-order chi connectivity index (χ1) is 10.3. The molecular weight excluding hydrogens is 344 g/mol. The highest BCUT2D eigenvalue weighted by Crippen LogP contribution is 2.36. The number of halogens is 1. The van der Waals surface area contributed by atoms with E-state index < -0.39 is 0 Å². The van der Waals surface area contributed by atoms with Crippen LogP contribution in [0.25, 0.3) is 0 Å². The Morgan fingerprint density at radius 1 is 1.50 bits per heavy atom. The molecule has 1 aliphatic rings. The molecule has 22 heavy (non-hydrogen) atoms. The molecule has 1 unspecified atom stereocenters. The first-order valence-electron chi connectivity index (χ1n) is 7.57. The molecule has 1 fully saturated rings. The van der Waals surface area contributed by atoms with Crippen LogP contribution in [-0.2, 0) is 4.79 Å². The summed E-state index contributed by atoms with van der Waals surface area (Å²) in [5.74, 6) is 1.03. The van der Waals surface area contributed by atoms with E-state index in [9.17, 15) is 4.79 Å². The number of nitrogens with zero attached hydrogens (tertiary/aromatic N) is 1. The average Bonchev–Trinajstić information content (AvgIpc) is 2.41. The van der Waals surface area contributed by atoms with Gasteiger partial charge < -0.3 is 4.74 Å². The maximum Gasteiger partial charge on any atom is 0.277 e. The highest BCUT2D eigenvalue weighted by atomic mass is 79.9. The summed E-state index contributed by atoms with van der Waals surface area (Å²) in [5.41, 5.74) is 3.93. The van der Waals surface area contributed by atoms with E-state index in [1.54, 1.807) is 0 Å². The summed E-state index contributed by atoms with van der Waals surface area (Å²) < 4.78 is 6.36. The Morgan fingerprint density at radius 3 is 2.95 bits per heavy atom. The normalized spacial score (nSPS) is 22.4. The number of hydrogen-bond acceptors (Lipinski definition) is 3. The van der Waals surface area contributed by atoms with E-state index in [1.807, 2.05) is 24.3 Å². The number of ether oxygens (including phenoxy) is 1. The van der Waals surface area contributed by atoms with E-state index in [1.165, 1.54) is 6.42 Å². The summed E-state index contributed by atoms with van der Waals surface area (Å²) in [4.78, 5) is 11.8. The third-order valence-electron chi connectivity index (χ3n) is 3.67. The van der Waals surface area contributed by atoms with Gasteiger partial charge in [0.05, 0.1) is 0 Å². The quantitative estimate of drug-likeness (QED) is 0.813. The maximum absolute atomic E-state index is 11.8. The number of rotatable bonds is 4. The van der Waals surface area contributed by atoms with Gasteiger partial charge in [-0.05, 0) is 48.8 Å². The van der Waals surface area contributed by atoms with Crippen LogP contribution in [-0.4, -0.2) is 18.2 Å². The van der Waals surface area contributed by atoms with Crippen molar-refractivity contribution in [3.63, 3.8) is 0 Å². The van der Waals surface area contributed by atoms with Crippen LogP contribution < -0.4 is 10.2 Å². The molecule has 1 aliphatic carbocycles. The van der Waals surface area contributed by atoms with Crippen molar-refractivity contribution in [3.05, 3.63) is 28.7 Å². The summed E-state index contributed by atoms with van der Waals surface area (Å²) in [6, 6.07) is 7.41. The fourth-order valence-corrected chi connectivity index (χ4v) is 3.46. The number of nitrogens with one attached hydrogen (secondary N) is 1. The van der Waals surface area contributed by atoms with Gasteiger partial charge in [0.1, 0.15) is 5.75 Å². The minimum absolute atomic E-state index is 0.0355. The second kappa shape index (κ2) is 7.27. The molecule has 0 spiro atoms. The van der Waals surface area contributed by atoms with Gasteiger partial charge in [-0.15, -0.1) is 0 Å². The van der Waals surface area contributed by atoms with E-state index in [0.29, 0.717) is 11.7 Å². The number of hydrogen-bond donors (Lipinski definition) is 1. The lowest BCUT2D eigenvalue weighted by molar-refractivity contribution is -0.123. The standard InChI is InChI=1S/C17H23BrN2O2/c1-12-7-14(10-17(2,3)9-12)19-20-16(21)11-22-15-6-4-5-13(18)8-15/h4-6,8,12H,7,9-11H2,1-3H3,(H,20,21). The van der Waals surface area contributed by atoms with Crippen LogP contribution in [0.3, 0.4) is 0 Å². The van der Waals surface area contributed by atoms with Crippen LogP contribution in [0.15, 0.2) is 33.8 Å². The van der Waals surface area contributed by atoms with Crippen LogP contribution in [0.4, 0.5) is 0 Å². The largest absolute Gasteiger partial charge is 0.484 e. The van der Waals surface area contributed by atoms with Gasteiger partial charge in [0.25, 0.3) is 5.91 Å². The van der Waals surface area contributed by atoms with Crippen LogP contribution >= 0.6 is 15.9 Å². The van der Waals surface area contributed by atoms with E-state index in [4.69, 9.17) is 4.74 Å². The topological polar surface area (TPSA) is 50.7 Å². The SMILES string of the molecule is CC1CC(=NNC(=O)COc2cccc(Br)c2)CC(C)(C)C1. The van der Waals surface area contributed by atoms with Crippen molar-refractivity contribution in [2.24, 2.45) is 16.4 Å². The van der Waals surface area contributed by atoms with Crippen molar-refractivity contribution in [2.45, 2.75) is 40.0 Å². The highest BCUT2D eigenvalue weighted by Gasteiger charge is 2.29. The predicted molar refractivity (Wildman–Crippen MR) is 92.0 cm³/mol. The summed E-state index contributed by atoms with van der Waals surface area (Å²) in [5, 5.41) is 4.29. The van der Waals surface area contributed by atoms with Crippen LogP contribution in [0.2, 0.25) is 0 Å². The minimum Gasteiger partial charge on any atom is -0.484 e. The van der Waals surface area contributed by atoms with Gasteiger partial charge in [-0.25, -0.2) is 5.43 Å². The number of carbonyl (C=O) groups excluding carboxylic acids is 1. The first kappa shape index (κ1) is 17.0. The molecule has 0 aliphatic heterocycles. The average molecular weight is 367 g/mol. The molecule has 1 aromatic carbocycles. The van der Waals surface area contributed by atoms with Gasteiger partial charge in [0, 0.05) is 10.2 Å². The second-order valence-electron chi connectivity index (χ2n) is 6.81. The van der Waals surface area contributed by atoms with Crippen molar-refractivity contribution in [1.82, 2.24) is 5.43 Å². The molecule has 0 heterocycles. The maximum atomic E-state index is 11.8. The van der Waals surface area contributed by atoms with Gasteiger partial charge in [0.15, 0.2) is 6.61 Å². The molecule has 1 amide bonds. The summed E-state index contributed by atoms with van der Waals surface area (Å²) in [6.07, 6.45) is 3.09. The van der Waals surface area contributed by atoms with Gasteiger partial charge >= 0.3 is 0 Å². The fourth-order valence-electron chi connectivity index (χ4n) is 3.08. The van der Waals surface area contributed by atoms with Gasteiger partial charge in [-0.3, -0.25) is 4.79 Å². The molecule has 0 radical (unpaired) electrons. The molecular formula is C17H23BrN2O2. The summed E-state index contributed by atoms with van der Waals surface area (Å²) in [7, 11) is 0. The van der Waals surface area contributed by atoms with Crippen LogP contribution in [0, 0.1) is 11.3 Å². The van der Waals surface area contributed by atoms with E-state index >= 15 is 0 Å². The molecule has 1 saturated carbocycles. The third kappa shape index (κ3) is 5.44. The smallest absolute Gasteiger partial charge is 0.277 e. The van der Waals surface area contributed by atoms with E-state index in [-0.39, 0.29) is 17.9 Å². The molecule has 1 atom stereocenters. The molecule has 2 rings (SSSR count). The van der Waals surface area contributed by atoms with Crippen LogP contribution in [0.5, 0.6) is 5.75 Å². The Bertz CT molecular complexity index is 570. The number of amides is 1. The van der Waals surface area contributed by atoms with Crippen molar-refractivity contribution in [1.29, 1.82) is 0 Å². The van der Waals surface area contributed by atoms with Gasteiger partial charge in [-0.2, -0.15) is 5.10 Å². The van der Waals surface area contributed by atoms with E-state index in [0.717, 1.165) is 23.0 Å². The highest BCUT2D eigenvalue weighted by molar-refractivity contribution is 9.10. The zero-order valence-corrected chi connectivity index (χ0v) is 14.9. The second-order valence-corrected chi connectivity index (χ2v) is 7.73. The Balaban J connectivity index is 1.83. The van der Waals surface area contributed by atoms with Crippen molar-refractivity contribution in [3.8, 4) is 5.75 Å². The summed E-state index contributed by atoms with van der Waals surface area (Å²) in [6.45, 7) is 6.69. The van der Waals surface area contributed by atoms with Gasteiger partial charge in [0.2, 0.25) is 0 Å². The predicted octanol–water partition coefficient (Wildman–Crippen LogP) is 4.15. The molecule has 1 aromatic rings. The number of hydrazone groups is 1. The zero-order valence-electron chi connectivity index (χ0n) is 13.4. The van der Waals surface area contributed by atoms with Crippen LogP contribution in [0.1, 0.15) is 40.0 Å². The molecule has 0 saturated heterocycles. The summed E-state index contributed by atoms with van der Waals surface area (Å²) >= 11 is 3.37. The Hall–Kier alpha value is -1.36. The monoisotopic (exact) mass is 366 g/mol. The molecule has 4 nitrogen and oxygen atoms in total. The molecule has 1 N–H and O–H groups in total. The minimum atomic E-state index is -0.233. The fraction of sp³-hybridized carbons (Fsp3) is 0.529. The van der Waals surface area contributed by atoms with E-state index in [2.05, 4.69) is 47.2 Å². The van der Waals surface area contributed by atoms with Crippen molar-refractivity contribution < 1.29 is 9.53 Å². The Kier molecular flexibility index (Phi) is 5.62. The lowest BCUT2D eigenvalue weighted by Gasteiger charge is -2.34. The first-order valence-corrected chi connectivity index (χ1v) is 8.36. The van der Waals surface area contributed by atoms with Gasteiger partial charge in [-0.1, -0.05) is 42.8 Å². The number of carbonyl (C=O) groups is 1. The zero-order chi connectivity index (χ0) is 16.2. The molecule has 120 valence electrons. The molecule has 5 heteroatoms. The lowest BCUT2D eigenvalue weighted by Crippen LogP contribution is -2.31. The molecule has 0 aromatic heterocycles. The lowest BCUT2D eigenvalue weighted by atomic mass is 9.72. The third-order valence-corrected chi connectivity index (χ3v) is 4.17. The van der Waals surface area contributed by atoms with Crippen molar-refractivity contribution >= 4 is 27.5 Å². The molecule has 0 bridgehead atoms. The van der Waals surface area contributed by atoms with Crippen molar-refractivity contribution in [2.75, 3.05) is 6.61 Å².